The van der Waals surface area contributed by atoms with Crippen molar-refractivity contribution in [3.8, 4) is 0 Å². The number of hydrogen-bond acceptors (Lipinski definition) is 3. The van der Waals surface area contributed by atoms with E-state index in [4.69, 9.17) is 10.5 Å². The first-order valence-corrected chi connectivity index (χ1v) is 11.6. The van der Waals surface area contributed by atoms with Crippen LogP contribution in [0.5, 0.6) is 0 Å². The molecule has 3 nitrogen and oxygen atoms in total. The van der Waals surface area contributed by atoms with E-state index >= 15 is 0 Å². The van der Waals surface area contributed by atoms with Gasteiger partial charge in [0, 0.05) is 12.8 Å². The molecule has 0 bridgehead atoms. The first kappa shape index (κ1) is 23.7. The molecule has 1 aliphatic heterocycles. The Kier molecular flexibility index (Phi) is 15.3. The summed E-state index contributed by atoms with van der Waals surface area (Å²) in [6, 6.07) is 0. The fraction of sp³-hybridized carbons (Fsp3) is 0.913. The van der Waals surface area contributed by atoms with Crippen LogP contribution >= 0.6 is 0 Å². The monoisotopic (exact) mass is 366 g/mol. The van der Waals surface area contributed by atoms with E-state index in [0.29, 0.717) is 0 Å². The number of unbranched alkanes of at least 4 members (excludes halogenated alkanes) is 12. The van der Waals surface area contributed by atoms with Crippen LogP contribution in [0, 0.1) is 0 Å². The molecule has 3 N–H and O–H groups in total. The highest BCUT2D eigenvalue weighted by Crippen LogP contribution is 2.22. The van der Waals surface area contributed by atoms with Gasteiger partial charge in [0.05, 0.1) is 6.61 Å². The standard InChI is InChI=1S/C23H46N2O/c1-2-3-4-5-6-7-8-9-10-11-12-13-14-15-16-17-20-25-21-18-23(24)19-22-26-23/h9-10,25H,2-8,11-22,24H2,1H3/b10-9-. The van der Waals surface area contributed by atoms with Gasteiger partial charge in [-0.05, 0) is 45.2 Å². The fourth-order valence-corrected chi connectivity index (χ4v) is 3.48. The smallest absolute Gasteiger partial charge is 0.120 e. The minimum Gasteiger partial charge on any atom is -0.361 e. The molecule has 0 spiro atoms. The van der Waals surface area contributed by atoms with Crippen molar-refractivity contribution < 1.29 is 4.74 Å². The molecule has 1 unspecified atom stereocenters. The second kappa shape index (κ2) is 16.8. The summed E-state index contributed by atoms with van der Waals surface area (Å²) in [5.41, 5.74) is 5.70. The number of allylic oxidation sites excluding steroid dienone is 2. The zero-order valence-corrected chi connectivity index (χ0v) is 17.6. The van der Waals surface area contributed by atoms with Crippen LogP contribution in [0.25, 0.3) is 0 Å². The Bertz CT molecular complexity index is 326. The molecular weight excluding hydrogens is 320 g/mol. The Morgan fingerprint density at radius 2 is 1.35 bits per heavy atom. The lowest BCUT2D eigenvalue weighted by molar-refractivity contribution is -0.146. The van der Waals surface area contributed by atoms with Gasteiger partial charge in [-0.2, -0.15) is 0 Å². The van der Waals surface area contributed by atoms with Crippen LogP contribution in [0.15, 0.2) is 12.2 Å². The van der Waals surface area contributed by atoms with Crippen molar-refractivity contribution in [3.05, 3.63) is 12.2 Å². The summed E-state index contributed by atoms with van der Waals surface area (Å²) in [6.07, 6.45) is 25.9. The van der Waals surface area contributed by atoms with Crippen LogP contribution in [0.4, 0.5) is 0 Å². The molecule has 26 heavy (non-hydrogen) atoms. The Balaban J connectivity index is 1.68. The van der Waals surface area contributed by atoms with E-state index in [9.17, 15) is 0 Å². The first-order chi connectivity index (χ1) is 12.8. The maximum atomic E-state index is 6.01. The van der Waals surface area contributed by atoms with E-state index in [1.807, 2.05) is 0 Å². The van der Waals surface area contributed by atoms with Gasteiger partial charge in [0.1, 0.15) is 5.72 Å². The van der Waals surface area contributed by atoms with E-state index in [1.165, 1.54) is 89.9 Å². The van der Waals surface area contributed by atoms with E-state index in [1.54, 1.807) is 0 Å². The van der Waals surface area contributed by atoms with Gasteiger partial charge >= 0.3 is 0 Å². The van der Waals surface area contributed by atoms with E-state index < -0.39 is 0 Å². The molecular formula is C23H46N2O. The number of rotatable bonds is 19. The van der Waals surface area contributed by atoms with E-state index in [-0.39, 0.29) is 5.72 Å². The van der Waals surface area contributed by atoms with Gasteiger partial charge < -0.3 is 15.8 Å². The minimum atomic E-state index is -0.309. The lowest BCUT2D eigenvalue weighted by Gasteiger charge is -2.38. The van der Waals surface area contributed by atoms with Crippen LogP contribution in [-0.2, 0) is 4.74 Å². The van der Waals surface area contributed by atoms with Crippen LogP contribution in [0.2, 0.25) is 0 Å². The third-order valence-electron chi connectivity index (χ3n) is 5.51. The lowest BCUT2D eigenvalue weighted by Crippen LogP contribution is -2.53. The summed E-state index contributed by atoms with van der Waals surface area (Å²) in [6.45, 7) is 5.23. The Morgan fingerprint density at radius 1 is 0.808 bits per heavy atom. The zero-order valence-electron chi connectivity index (χ0n) is 17.6. The molecule has 1 saturated heterocycles. The summed E-state index contributed by atoms with van der Waals surface area (Å²) < 4.78 is 5.39. The van der Waals surface area contributed by atoms with Crippen LogP contribution in [-0.4, -0.2) is 25.4 Å². The van der Waals surface area contributed by atoms with E-state index in [2.05, 4.69) is 24.4 Å². The average molecular weight is 367 g/mol. The quantitative estimate of drug-likeness (QED) is 0.215. The largest absolute Gasteiger partial charge is 0.361 e. The second-order valence-corrected chi connectivity index (χ2v) is 8.10. The maximum Gasteiger partial charge on any atom is 0.120 e. The predicted molar refractivity (Wildman–Crippen MR) is 114 cm³/mol. The molecule has 0 aromatic rings. The van der Waals surface area contributed by atoms with Crippen molar-refractivity contribution in [2.24, 2.45) is 5.73 Å². The van der Waals surface area contributed by atoms with Gasteiger partial charge in [0.2, 0.25) is 0 Å². The number of ether oxygens (including phenoxy) is 1. The third kappa shape index (κ3) is 13.8. The highest BCUT2D eigenvalue weighted by Gasteiger charge is 2.32. The van der Waals surface area contributed by atoms with Crippen LogP contribution in [0.3, 0.4) is 0 Å². The van der Waals surface area contributed by atoms with Gasteiger partial charge in [-0.15, -0.1) is 0 Å². The van der Waals surface area contributed by atoms with Crippen LogP contribution in [0.1, 0.15) is 110 Å². The average Bonchev–Trinajstić information content (AvgIpc) is 2.62. The fourth-order valence-electron chi connectivity index (χ4n) is 3.48. The predicted octanol–water partition coefficient (Wildman–Crippen LogP) is 6.08. The molecule has 3 heteroatoms. The summed E-state index contributed by atoms with van der Waals surface area (Å²) >= 11 is 0. The molecule has 1 fully saturated rings. The molecule has 1 rings (SSSR count). The Hall–Kier alpha value is -0.380. The van der Waals surface area contributed by atoms with Crippen molar-refractivity contribution in [3.63, 3.8) is 0 Å². The molecule has 1 atom stereocenters. The molecule has 0 aromatic heterocycles. The third-order valence-corrected chi connectivity index (χ3v) is 5.51. The highest BCUT2D eigenvalue weighted by molar-refractivity contribution is 4.82. The van der Waals surface area contributed by atoms with Gasteiger partial charge in [-0.3, -0.25) is 0 Å². The zero-order chi connectivity index (χ0) is 18.8. The van der Waals surface area contributed by atoms with Crippen molar-refractivity contribution >= 4 is 0 Å². The molecule has 1 aliphatic rings. The Labute approximate surface area is 163 Å². The summed E-state index contributed by atoms with van der Waals surface area (Å²) in [5, 5.41) is 3.49. The molecule has 1 heterocycles. The van der Waals surface area contributed by atoms with E-state index in [0.717, 1.165) is 32.5 Å². The first-order valence-electron chi connectivity index (χ1n) is 11.6. The number of hydrogen-bond donors (Lipinski definition) is 2. The molecule has 0 aliphatic carbocycles. The van der Waals surface area contributed by atoms with Gasteiger partial charge in [0.15, 0.2) is 0 Å². The van der Waals surface area contributed by atoms with Crippen molar-refractivity contribution in [1.29, 1.82) is 0 Å². The van der Waals surface area contributed by atoms with Gasteiger partial charge in [0.25, 0.3) is 0 Å². The Morgan fingerprint density at radius 3 is 1.88 bits per heavy atom. The second-order valence-electron chi connectivity index (χ2n) is 8.10. The summed E-state index contributed by atoms with van der Waals surface area (Å²) in [4.78, 5) is 0. The van der Waals surface area contributed by atoms with Crippen LogP contribution < -0.4 is 11.1 Å². The molecule has 0 radical (unpaired) electrons. The van der Waals surface area contributed by atoms with Crippen molar-refractivity contribution in [2.75, 3.05) is 19.7 Å². The topological polar surface area (TPSA) is 47.3 Å². The molecule has 154 valence electrons. The van der Waals surface area contributed by atoms with Gasteiger partial charge in [-0.25, -0.2) is 0 Å². The number of nitrogens with one attached hydrogen (secondary N) is 1. The molecule has 0 amide bonds. The summed E-state index contributed by atoms with van der Waals surface area (Å²) in [5.74, 6) is 0. The van der Waals surface area contributed by atoms with Crippen molar-refractivity contribution in [1.82, 2.24) is 5.32 Å². The normalized spacial score (nSPS) is 19.9. The SMILES string of the molecule is CCCCCCCC/C=C\CCCCCCCCNCCC1(N)CCO1. The van der Waals surface area contributed by atoms with Crippen molar-refractivity contribution in [2.45, 2.75) is 115 Å². The lowest BCUT2D eigenvalue weighted by atomic mass is 10.0. The molecule has 0 aromatic carbocycles. The highest BCUT2D eigenvalue weighted by atomic mass is 16.5. The molecule has 0 saturated carbocycles. The van der Waals surface area contributed by atoms with Gasteiger partial charge in [-0.1, -0.05) is 76.9 Å². The number of nitrogens with two attached hydrogens (primary N) is 1. The minimum absolute atomic E-state index is 0.309. The summed E-state index contributed by atoms with van der Waals surface area (Å²) in [7, 11) is 0. The maximum absolute atomic E-state index is 6.01.